The van der Waals surface area contributed by atoms with Crippen LogP contribution >= 0.6 is 0 Å². The second-order valence-electron chi connectivity index (χ2n) is 15.2. The normalized spacial score (nSPS) is 12.0. The average Bonchev–Trinajstić information content (AvgIpc) is 3.29. The Balaban J connectivity index is 1.05. The molecule has 0 aliphatic carbocycles. The number of hydrogen-bond donors (Lipinski definition) is 0. The zero-order valence-corrected chi connectivity index (χ0v) is 31.0. The molecule has 0 atom stereocenters. The molecule has 0 spiro atoms. The second kappa shape index (κ2) is 12.5. The molecule has 57 heavy (non-hydrogen) atoms. The van der Waals surface area contributed by atoms with E-state index < -0.39 is 0 Å². The van der Waals surface area contributed by atoms with Gasteiger partial charge in [0.15, 0.2) is 0 Å². The van der Waals surface area contributed by atoms with Crippen molar-refractivity contribution in [3.8, 4) is 78.3 Å². The van der Waals surface area contributed by atoms with Gasteiger partial charge in [-0.05, 0) is 123 Å². The maximum Gasteiger partial charge on any atom is 0.135 e. The van der Waals surface area contributed by atoms with E-state index in [1.54, 1.807) is 0 Å². The van der Waals surface area contributed by atoms with Gasteiger partial charge in [-0.15, -0.1) is 0 Å². The zero-order valence-electron chi connectivity index (χ0n) is 31.0. The van der Waals surface area contributed by atoms with Crippen LogP contribution in [0.15, 0.2) is 206 Å². The Bertz CT molecular complexity index is 3340. The first-order valence-electron chi connectivity index (χ1n) is 19.7. The Morgan fingerprint density at radius 2 is 0.702 bits per heavy atom. The molecule has 1 aliphatic rings. The highest BCUT2D eigenvalue weighted by Crippen LogP contribution is 2.50. The third-order valence-electron chi connectivity index (χ3n) is 12.1. The van der Waals surface area contributed by atoms with Gasteiger partial charge in [0, 0.05) is 10.9 Å². The molecule has 1 nitrogen and oxygen atoms in total. The molecule has 264 valence electrons. The summed E-state index contributed by atoms with van der Waals surface area (Å²) in [6, 6.07) is 75.2. The largest absolute Gasteiger partial charge is 0.456 e. The quantitative estimate of drug-likeness (QED) is 0.161. The molecule has 0 saturated carbocycles. The summed E-state index contributed by atoms with van der Waals surface area (Å²) in [6.45, 7) is 0. The zero-order chi connectivity index (χ0) is 37.5. The molecule has 12 rings (SSSR count). The lowest BCUT2D eigenvalue weighted by Crippen LogP contribution is -1.98. The van der Waals surface area contributed by atoms with Crippen molar-refractivity contribution in [1.82, 2.24) is 0 Å². The van der Waals surface area contributed by atoms with E-state index in [1.807, 2.05) is 0 Å². The molecule has 0 unspecified atom stereocenters. The van der Waals surface area contributed by atoms with Gasteiger partial charge in [0.25, 0.3) is 0 Å². The molecule has 0 amide bonds. The van der Waals surface area contributed by atoms with Crippen molar-refractivity contribution in [2.24, 2.45) is 0 Å². The van der Waals surface area contributed by atoms with Gasteiger partial charge in [-0.25, -0.2) is 0 Å². The minimum absolute atomic E-state index is 0.883. The van der Waals surface area contributed by atoms with Crippen molar-refractivity contribution in [1.29, 1.82) is 0 Å². The molecule has 11 aromatic carbocycles. The van der Waals surface area contributed by atoms with Gasteiger partial charge in [0.2, 0.25) is 0 Å². The van der Waals surface area contributed by atoms with Crippen LogP contribution in [0.1, 0.15) is 0 Å². The SMILES string of the molecule is c1ccc(-c2ccc(-c3ccc4c(c3)-c3cccc5c(-c6ccccc6)ccc(c35)O4)cc2-c2ccc3ccc4c(-c5ccccc5)ccc5ccc2c3c54)cc1. The fourth-order valence-corrected chi connectivity index (χ4v) is 9.40. The Morgan fingerprint density at radius 3 is 1.35 bits per heavy atom. The predicted molar refractivity (Wildman–Crippen MR) is 240 cm³/mol. The van der Waals surface area contributed by atoms with Gasteiger partial charge in [0.1, 0.15) is 11.5 Å². The molecule has 0 aromatic heterocycles. The summed E-state index contributed by atoms with van der Waals surface area (Å²) >= 11 is 0. The van der Waals surface area contributed by atoms with Gasteiger partial charge >= 0.3 is 0 Å². The molecule has 0 bridgehead atoms. The van der Waals surface area contributed by atoms with E-state index in [2.05, 4.69) is 206 Å². The van der Waals surface area contributed by atoms with Crippen molar-refractivity contribution in [2.45, 2.75) is 0 Å². The molecule has 11 aromatic rings. The highest BCUT2D eigenvalue weighted by Gasteiger charge is 2.23. The Morgan fingerprint density at radius 1 is 0.228 bits per heavy atom. The summed E-state index contributed by atoms with van der Waals surface area (Å²) < 4.78 is 6.64. The topological polar surface area (TPSA) is 9.23 Å². The second-order valence-corrected chi connectivity index (χ2v) is 15.2. The van der Waals surface area contributed by atoms with E-state index in [-0.39, 0.29) is 0 Å². The summed E-state index contributed by atoms with van der Waals surface area (Å²) in [4.78, 5) is 0. The van der Waals surface area contributed by atoms with Crippen LogP contribution in [0.25, 0.3) is 110 Å². The summed E-state index contributed by atoms with van der Waals surface area (Å²) in [6.07, 6.45) is 0. The third kappa shape index (κ3) is 4.96. The van der Waals surface area contributed by atoms with Crippen molar-refractivity contribution >= 4 is 43.1 Å². The maximum absolute atomic E-state index is 6.64. The minimum atomic E-state index is 0.883. The third-order valence-corrected chi connectivity index (χ3v) is 12.1. The standard InChI is InChI=1S/C56H34O/c1-4-11-35(12-5-1)42-25-19-38-22-29-49-45(27-20-39-21-28-48(42)54(38)55(39)49)50-33-40(23-26-44(50)37-15-8-3-9-16-37)41-24-31-52-51(34-41)47-18-10-17-46-43(36-13-6-2-7-14-36)30-32-53(57-52)56(46)47/h1-34H. The number of benzene rings is 11. The van der Waals surface area contributed by atoms with Crippen LogP contribution in [0.4, 0.5) is 0 Å². The van der Waals surface area contributed by atoms with E-state index in [1.165, 1.54) is 93.3 Å². The summed E-state index contributed by atoms with van der Waals surface area (Å²) in [5, 5.41) is 10.1. The van der Waals surface area contributed by atoms with E-state index in [4.69, 9.17) is 4.74 Å². The Hall–Kier alpha value is -7.48. The summed E-state index contributed by atoms with van der Waals surface area (Å²) in [5.41, 5.74) is 14.4. The maximum atomic E-state index is 6.64. The number of fused-ring (bicyclic) bond motifs is 2. The van der Waals surface area contributed by atoms with E-state index >= 15 is 0 Å². The van der Waals surface area contributed by atoms with Gasteiger partial charge in [-0.2, -0.15) is 0 Å². The first kappa shape index (κ1) is 31.8. The first-order chi connectivity index (χ1) is 28.3. The van der Waals surface area contributed by atoms with Crippen molar-refractivity contribution in [3.05, 3.63) is 206 Å². The molecule has 1 aliphatic heterocycles. The Kier molecular flexibility index (Phi) is 7.00. The van der Waals surface area contributed by atoms with Crippen LogP contribution in [0.3, 0.4) is 0 Å². The lowest BCUT2D eigenvalue weighted by atomic mass is 9.84. The Labute approximate surface area is 331 Å². The van der Waals surface area contributed by atoms with Crippen LogP contribution in [0, 0.1) is 0 Å². The summed E-state index contributed by atoms with van der Waals surface area (Å²) in [7, 11) is 0. The molecule has 0 N–H and O–H groups in total. The number of hydrogen-bond acceptors (Lipinski definition) is 1. The van der Waals surface area contributed by atoms with Crippen LogP contribution in [0.2, 0.25) is 0 Å². The van der Waals surface area contributed by atoms with E-state index in [0.717, 1.165) is 28.0 Å². The highest BCUT2D eigenvalue weighted by atomic mass is 16.5. The van der Waals surface area contributed by atoms with Crippen LogP contribution in [0.5, 0.6) is 11.5 Å². The monoisotopic (exact) mass is 722 g/mol. The lowest BCUT2D eigenvalue weighted by Gasteiger charge is -2.23. The summed E-state index contributed by atoms with van der Waals surface area (Å²) in [5.74, 6) is 1.79. The van der Waals surface area contributed by atoms with E-state index in [0.29, 0.717) is 0 Å². The van der Waals surface area contributed by atoms with Crippen molar-refractivity contribution in [2.75, 3.05) is 0 Å². The van der Waals surface area contributed by atoms with Gasteiger partial charge in [0.05, 0.1) is 0 Å². The minimum Gasteiger partial charge on any atom is -0.456 e. The average molecular weight is 723 g/mol. The molecule has 0 radical (unpaired) electrons. The molecule has 0 saturated heterocycles. The smallest absolute Gasteiger partial charge is 0.135 e. The fourth-order valence-electron chi connectivity index (χ4n) is 9.40. The fraction of sp³-hybridized carbons (Fsp3) is 0. The van der Waals surface area contributed by atoms with Gasteiger partial charge in [-0.1, -0.05) is 182 Å². The van der Waals surface area contributed by atoms with Gasteiger partial charge < -0.3 is 4.74 Å². The van der Waals surface area contributed by atoms with Gasteiger partial charge in [-0.3, -0.25) is 0 Å². The number of rotatable bonds is 5. The molecular weight excluding hydrogens is 689 g/mol. The van der Waals surface area contributed by atoms with Crippen molar-refractivity contribution in [3.63, 3.8) is 0 Å². The molecular formula is C56H34O. The molecule has 1 heteroatoms. The highest BCUT2D eigenvalue weighted by molar-refractivity contribution is 6.28. The number of ether oxygens (including phenoxy) is 1. The van der Waals surface area contributed by atoms with E-state index in [9.17, 15) is 0 Å². The lowest BCUT2D eigenvalue weighted by molar-refractivity contribution is 0.487. The van der Waals surface area contributed by atoms with Crippen molar-refractivity contribution < 1.29 is 4.74 Å². The molecule has 1 heterocycles. The van der Waals surface area contributed by atoms with Crippen LogP contribution in [-0.4, -0.2) is 0 Å². The molecule has 0 fully saturated rings. The van der Waals surface area contributed by atoms with Crippen LogP contribution in [-0.2, 0) is 0 Å². The first-order valence-corrected chi connectivity index (χ1v) is 19.7. The predicted octanol–water partition coefficient (Wildman–Crippen LogP) is 15.8. The van der Waals surface area contributed by atoms with Crippen LogP contribution < -0.4 is 4.74 Å².